The molecule has 0 radical (unpaired) electrons. The van der Waals surface area contributed by atoms with Crippen molar-refractivity contribution in [2.24, 2.45) is 0 Å². The van der Waals surface area contributed by atoms with Crippen molar-refractivity contribution in [1.29, 1.82) is 0 Å². The van der Waals surface area contributed by atoms with Crippen LogP contribution in [0.1, 0.15) is 75.5 Å². The van der Waals surface area contributed by atoms with Crippen LogP contribution in [-0.2, 0) is 9.53 Å². The molecule has 1 atom stereocenters. The van der Waals surface area contributed by atoms with E-state index in [0.29, 0.717) is 62.9 Å². The quantitative estimate of drug-likeness (QED) is 0.713. The fourth-order valence-corrected chi connectivity index (χ4v) is 5.52. The van der Waals surface area contributed by atoms with E-state index >= 15 is 8.78 Å². The molecule has 0 spiro atoms. The Hall–Kier alpha value is -2.32. The number of carbonyl (C=O) groups excluding carboxylic acids is 1. The van der Waals surface area contributed by atoms with Crippen LogP contribution in [0.4, 0.5) is 8.78 Å². The molecule has 1 aliphatic carbocycles. The molecule has 33 heavy (non-hydrogen) atoms. The lowest BCUT2D eigenvalue weighted by Crippen LogP contribution is -2.45. The number of rotatable bonds is 5. The van der Waals surface area contributed by atoms with Gasteiger partial charge in [-0.05, 0) is 62.8 Å². The van der Waals surface area contributed by atoms with Gasteiger partial charge >= 0.3 is 0 Å². The van der Waals surface area contributed by atoms with Gasteiger partial charge < -0.3 is 14.7 Å². The fourth-order valence-electron chi connectivity index (χ4n) is 5.52. The first-order valence-corrected chi connectivity index (χ1v) is 12.1. The topological polar surface area (TPSA) is 67.6 Å². The van der Waals surface area contributed by atoms with Crippen LogP contribution in [0.5, 0.6) is 0 Å². The zero-order valence-electron chi connectivity index (χ0n) is 18.8. The molecule has 3 heterocycles. The number of aromatic nitrogens is 2. The molecule has 2 aliphatic heterocycles. The van der Waals surface area contributed by atoms with Crippen molar-refractivity contribution in [1.82, 2.24) is 14.7 Å². The lowest BCUT2D eigenvalue weighted by molar-refractivity contribution is -0.132. The Morgan fingerprint density at radius 1 is 1.12 bits per heavy atom. The van der Waals surface area contributed by atoms with Crippen LogP contribution in [0.2, 0.25) is 0 Å². The fraction of sp³-hybridized carbons (Fsp3) is 0.600. The van der Waals surface area contributed by atoms with E-state index in [0.717, 1.165) is 25.7 Å². The number of hydrogen-bond donors (Lipinski definition) is 1. The first-order chi connectivity index (χ1) is 15.9. The molecule has 1 N–H and O–H groups in total. The third-order valence-electron chi connectivity index (χ3n) is 7.49. The van der Waals surface area contributed by atoms with Crippen molar-refractivity contribution in [3.8, 4) is 11.1 Å². The summed E-state index contributed by atoms with van der Waals surface area (Å²) < 4.78 is 37.6. The Labute approximate surface area is 192 Å². The van der Waals surface area contributed by atoms with Gasteiger partial charge in [0.1, 0.15) is 6.23 Å². The van der Waals surface area contributed by atoms with Gasteiger partial charge in [-0.3, -0.25) is 4.79 Å². The van der Waals surface area contributed by atoms with Crippen LogP contribution in [0.25, 0.3) is 11.1 Å². The molecule has 5 rings (SSSR count). The normalized spacial score (nSPS) is 28.5. The predicted octanol–water partition coefficient (Wildman–Crippen LogP) is 4.54. The van der Waals surface area contributed by atoms with Gasteiger partial charge in [0.25, 0.3) is 0 Å². The van der Waals surface area contributed by atoms with Crippen molar-refractivity contribution >= 4 is 5.91 Å². The minimum absolute atomic E-state index is 0.0904. The van der Waals surface area contributed by atoms with Gasteiger partial charge in [0.2, 0.25) is 5.91 Å². The van der Waals surface area contributed by atoms with E-state index in [-0.39, 0.29) is 23.6 Å². The molecule has 178 valence electrons. The molecule has 0 bridgehead atoms. The van der Waals surface area contributed by atoms with Gasteiger partial charge in [-0.2, -0.15) is 5.10 Å². The number of amides is 1. The molecule has 2 saturated heterocycles. The predicted molar refractivity (Wildman–Crippen MR) is 118 cm³/mol. The van der Waals surface area contributed by atoms with Gasteiger partial charge in [0.15, 0.2) is 11.6 Å². The van der Waals surface area contributed by atoms with Crippen molar-refractivity contribution in [2.75, 3.05) is 19.7 Å². The number of carbonyl (C=O) groups is 1. The van der Waals surface area contributed by atoms with Gasteiger partial charge in [-0.25, -0.2) is 13.5 Å². The first kappa shape index (κ1) is 22.5. The van der Waals surface area contributed by atoms with E-state index in [1.54, 1.807) is 34.1 Å². The summed E-state index contributed by atoms with van der Waals surface area (Å²) in [5.41, 5.74) is 0.137. The summed E-state index contributed by atoms with van der Waals surface area (Å²) in [7, 11) is 0. The number of likely N-dealkylation sites (tertiary alicyclic amines) is 1. The highest BCUT2D eigenvalue weighted by molar-refractivity contribution is 5.78. The Kier molecular flexibility index (Phi) is 6.22. The number of aliphatic hydroxyl groups is 1. The van der Waals surface area contributed by atoms with Crippen molar-refractivity contribution in [3.05, 3.63) is 41.7 Å². The highest BCUT2D eigenvalue weighted by atomic mass is 19.2. The molecule has 1 aromatic carbocycles. The number of benzene rings is 1. The monoisotopic (exact) mass is 459 g/mol. The summed E-state index contributed by atoms with van der Waals surface area (Å²) in [6.07, 6.45) is 9.50. The zero-order chi connectivity index (χ0) is 23.0. The molecule has 1 aromatic heterocycles. The molecule has 3 aliphatic rings. The Morgan fingerprint density at radius 3 is 2.64 bits per heavy atom. The van der Waals surface area contributed by atoms with Gasteiger partial charge in [-0.1, -0.05) is 12.1 Å². The Bertz CT molecular complexity index is 1010. The molecule has 3 fully saturated rings. The first-order valence-electron chi connectivity index (χ1n) is 12.1. The second-order valence-electron chi connectivity index (χ2n) is 9.78. The molecule has 2 aromatic rings. The third kappa shape index (κ3) is 4.55. The summed E-state index contributed by atoms with van der Waals surface area (Å²) in [6.45, 7) is 1.71. The summed E-state index contributed by atoms with van der Waals surface area (Å²) in [4.78, 5) is 13.6. The van der Waals surface area contributed by atoms with Crippen LogP contribution in [0.3, 0.4) is 0 Å². The SMILES string of the molecule is O=C1CCCN1CC1(O)CCC(c2ccc(-c3cnn(C4CCCCO4)c3)c(F)c2F)CC1. The van der Waals surface area contributed by atoms with Crippen LogP contribution in [0, 0.1) is 11.6 Å². The molecule has 8 heteroatoms. The van der Waals surface area contributed by atoms with E-state index < -0.39 is 17.2 Å². The van der Waals surface area contributed by atoms with E-state index in [1.165, 1.54) is 0 Å². The van der Waals surface area contributed by atoms with Crippen LogP contribution < -0.4 is 0 Å². The second-order valence-corrected chi connectivity index (χ2v) is 9.78. The highest BCUT2D eigenvalue weighted by Crippen LogP contribution is 2.41. The summed E-state index contributed by atoms with van der Waals surface area (Å²) in [5.74, 6) is -1.74. The van der Waals surface area contributed by atoms with Crippen molar-refractivity contribution in [3.63, 3.8) is 0 Å². The molecular formula is C25H31F2N3O3. The van der Waals surface area contributed by atoms with Crippen molar-refractivity contribution < 1.29 is 23.4 Å². The smallest absolute Gasteiger partial charge is 0.222 e. The second kappa shape index (κ2) is 9.14. The molecule has 1 amide bonds. The van der Waals surface area contributed by atoms with Gasteiger partial charge in [0.05, 0.1) is 11.8 Å². The maximum absolute atomic E-state index is 15.1. The van der Waals surface area contributed by atoms with E-state index in [2.05, 4.69) is 5.10 Å². The average Bonchev–Trinajstić information content (AvgIpc) is 3.46. The number of nitrogens with zero attached hydrogens (tertiary/aromatic N) is 3. The van der Waals surface area contributed by atoms with E-state index in [4.69, 9.17) is 4.74 Å². The standard InChI is InChI=1S/C25H31F2N3O3/c26-23-19(17-8-10-25(32,11-9-17)16-29-12-3-4-21(29)31)6-7-20(24(23)27)18-14-28-30(15-18)22-5-1-2-13-33-22/h6-7,14-15,17,22,32H,1-5,8-13,16H2. The Balaban J connectivity index is 1.27. The third-order valence-corrected chi connectivity index (χ3v) is 7.49. The summed E-state index contributed by atoms with van der Waals surface area (Å²) in [6, 6.07) is 3.29. The van der Waals surface area contributed by atoms with E-state index in [9.17, 15) is 9.90 Å². The minimum atomic E-state index is -0.943. The molecule has 6 nitrogen and oxygen atoms in total. The summed E-state index contributed by atoms with van der Waals surface area (Å²) >= 11 is 0. The number of ether oxygens (including phenoxy) is 1. The lowest BCUT2D eigenvalue weighted by Gasteiger charge is -2.38. The van der Waals surface area contributed by atoms with Gasteiger partial charge in [0, 0.05) is 43.4 Å². The lowest BCUT2D eigenvalue weighted by atomic mass is 9.75. The molecular weight excluding hydrogens is 428 g/mol. The largest absolute Gasteiger partial charge is 0.388 e. The zero-order valence-corrected chi connectivity index (χ0v) is 18.8. The van der Waals surface area contributed by atoms with Crippen molar-refractivity contribution in [2.45, 2.75) is 75.5 Å². The van der Waals surface area contributed by atoms with Crippen LogP contribution >= 0.6 is 0 Å². The average molecular weight is 460 g/mol. The van der Waals surface area contributed by atoms with E-state index in [1.807, 2.05) is 0 Å². The molecule has 1 saturated carbocycles. The Morgan fingerprint density at radius 2 is 1.94 bits per heavy atom. The maximum Gasteiger partial charge on any atom is 0.222 e. The van der Waals surface area contributed by atoms with Crippen LogP contribution in [-0.4, -0.2) is 51.0 Å². The number of hydrogen-bond acceptors (Lipinski definition) is 4. The molecule has 1 unspecified atom stereocenters. The maximum atomic E-state index is 15.1. The highest BCUT2D eigenvalue weighted by Gasteiger charge is 2.38. The van der Waals surface area contributed by atoms with Crippen LogP contribution in [0.15, 0.2) is 24.5 Å². The summed E-state index contributed by atoms with van der Waals surface area (Å²) in [5, 5.41) is 15.3. The number of halogens is 2. The minimum Gasteiger partial charge on any atom is -0.388 e. The number of β-amino-alcohol motifs (C(OH)–C–C–N with tert-alkyl or cyclic N) is 1. The van der Waals surface area contributed by atoms with Gasteiger partial charge in [-0.15, -0.1) is 0 Å².